The fourth-order valence-electron chi connectivity index (χ4n) is 1.73. The van der Waals surface area contributed by atoms with E-state index in [-0.39, 0.29) is 35.8 Å². The van der Waals surface area contributed by atoms with Crippen LogP contribution in [0.3, 0.4) is 0 Å². The van der Waals surface area contributed by atoms with Gasteiger partial charge in [0.05, 0.1) is 0 Å². The Labute approximate surface area is 150 Å². The Morgan fingerprint density at radius 1 is 1.18 bits per heavy atom. The third kappa shape index (κ3) is 9.59. The first kappa shape index (κ1) is 20.7. The minimum absolute atomic E-state index is 0. The molecule has 6 heteroatoms. The van der Waals surface area contributed by atoms with Crippen LogP contribution in [0, 0.1) is 5.92 Å². The van der Waals surface area contributed by atoms with Crippen LogP contribution in [0.15, 0.2) is 35.3 Å². The summed E-state index contributed by atoms with van der Waals surface area (Å²) in [7, 11) is 0. The summed E-state index contributed by atoms with van der Waals surface area (Å²) in [6, 6.07) is 10.2. The number of hydrogen-bond donors (Lipinski definition) is 3. The van der Waals surface area contributed by atoms with Gasteiger partial charge in [-0.25, -0.2) is 0 Å². The lowest BCUT2D eigenvalue weighted by Gasteiger charge is -2.07. The number of nitrogens with zero attached hydrogens (tertiary/aromatic N) is 1. The Kier molecular flexibility index (Phi) is 11.5. The number of nitrogens with two attached hydrogens (primary N) is 1. The zero-order chi connectivity index (χ0) is 15.5. The lowest BCUT2D eigenvalue weighted by atomic mass is 10.1. The van der Waals surface area contributed by atoms with Crippen molar-refractivity contribution in [2.24, 2.45) is 16.6 Å². The number of nitrogens with one attached hydrogen (secondary N) is 2. The quantitative estimate of drug-likeness (QED) is 0.261. The molecule has 1 aromatic carbocycles. The van der Waals surface area contributed by atoms with Gasteiger partial charge in [-0.05, 0) is 18.4 Å². The van der Waals surface area contributed by atoms with Crippen LogP contribution in [0.25, 0.3) is 0 Å². The molecular weight excluding hydrogens is 391 g/mol. The summed E-state index contributed by atoms with van der Waals surface area (Å²) in [4.78, 5) is 15.6. The monoisotopic (exact) mass is 418 g/mol. The summed E-state index contributed by atoms with van der Waals surface area (Å²) < 4.78 is 0. The second-order valence-corrected chi connectivity index (χ2v) is 5.23. The standard InChI is InChI=1S/C16H26N4O.HI/c1-13(2)15(21)18-10-6-11-19-16(17)20-12-9-14-7-4-3-5-8-14;/h3-5,7-8,13H,6,9-12H2,1-2H3,(H,18,21)(H3,17,19,20);1H. The fourth-order valence-corrected chi connectivity index (χ4v) is 1.73. The molecule has 1 amide bonds. The second kappa shape index (κ2) is 12.3. The molecule has 0 aliphatic carbocycles. The van der Waals surface area contributed by atoms with Crippen LogP contribution in [0.2, 0.25) is 0 Å². The van der Waals surface area contributed by atoms with E-state index in [2.05, 4.69) is 27.8 Å². The third-order valence-corrected chi connectivity index (χ3v) is 3.00. The third-order valence-electron chi connectivity index (χ3n) is 3.00. The molecule has 0 saturated heterocycles. The first-order valence-electron chi connectivity index (χ1n) is 7.45. The maximum absolute atomic E-state index is 11.3. The highest BCUT2D eigenvalue weighted by atomic mass is 127. The normalized spacial score (nSPS) is 11.0. The van der Waals surface area contributed by atoms with Crippen LogP contribution in [0.1, 0.15) is 25.8 Å². The number of carbonyl (C=O) groups excluding carboxylic acids is 1. The molecule has 4 N–H and O–H groups in total. The number of aliphatic imine (C=N–C) groups is 1. The molecule has 0 atom stereocenters. The number of carbonyl (C=O) groups is 1. The SMILES string of the molecule is CC(C)C(=O)NCCCN=C(N)NCCc1ccccc1.I. The van der Waals surface area contributed by atoms with Crippen LogP contribution in [0.4, 0.5) is 0 Å². The van der Waals surface area contributed by atoms with Crippen LogP contribution in [-0.4, -0.2) is 31.5 Å². The van der Waals surface area contributed by atoms with Crippen LogP contribution in [-0.2, 0) is 11.2 Å². The van der Waals surface area contributed by atoms with Crippen molar-refractivity contribution in [1.29, 1.82) is 0 Å². The van der Waals surface area contributed by atoms with Crippen LogP contribution < -0.4 is 16.4 Å². The molecule has 1 rings (SSSR count). The smallest absolute Gasteiger partial charge is 0.222 e. The lowest BCUT2D eigenvalue weighted by Crippen LogP contribution is -2.33. The molecule has 0 aliphatic heterocycles. The Balaban J connectivity index is 0.00000441. The topological polar surface area (TPSA) is 79.5 Å². The molecule has 1 aromatic rings. The molecule has 0 aliphatic rings. The summed E-state index contributed by atoms with van der Waals surface area (Å²) in [5.41, 5.74) is 7.05. The molecule has 0 spiro atoms. The molecule has 0 aromatic heterocycles. The predicted octanol–water partition coefficient (Wildman–Crippen LogP) is 1.91. The predicted molar refractivity (Wildman–Crippen MR) is 103 cm³/mol. The van der Waals surface area contributed by atoms with E-state index < -0.39 is 0 Å². The van der Waals surface area contributed by atoms with Crippen molar-refractivity contribution in [3.05, 3.63) is 35.9 Å². The van der Waals surface area contributed by atoms with Gasteiger partial charge in [0, 0.05) is 25.6 Å². The summed E-state index contributed by atoms with van der Waals surface area (Å²) in [6.45, 7) is 5.77. The summed E-state index contributed by atoms with van der Waals surface area (Å²) >= 11 is 0. The Bertz CT molecular complexity index is 449. The molecule has 0 heterocycles. The first-order valence-corrected chi connectivity index (χ1v) is 7.45. The minimum atomic E-state index is 0. The van der Waals surface area contributed by atoms with E-state index in [4.69, 9.17) is 5.73 Å². The summed E-state index contributed by atoms with van der Waals surface area (Å²) in [5, 5.41) is 5.94. The molecule has 0 radical (unpaired) electrons. The molecular formula is C16H27IN4O. The van der Waals surface area contributed by atoms with E-state index in [0.717, 1.165) is 19.4 Å². The molecule has 0 bridgehead atoms. The van der Waals surface area contributed by atoms with E-state index in [9.17, 15) is 4.79 Å². The summed E-state index contributed by atoms with van der Waals surface area (Å²) in [6.07, 6.45) is 1.71. The van der Waals surface area contributed by atoms with Gasteiger partial charge in [0.1, 0.15) is 0 Å². The van der Waals surface area contributed by atoms with Crippen molar-refractivity contribution in [3.8, 4) is 0 Å². The fraction of sp³-hybridized carbons (Fsp3) is 0.500. The second-order valence-electron chi connectivity index (χ2n) is 5.23. The van der Waals surface area contributed by atoms with Crippen molar-refractivity contribution in [2.75, 3.05) is 19.6 Å². The molecule has 5 nitrogen and oxygen atoms in total. The summed E-state index contributed by atoms with van der Waals surface area (Å²) in [5.74, 6) is 0.562. The van der Waals surface area contributed by atoms with Crippen molar-refractivity contribution in [1.82, 2.24) is 10.6 Å². The van der Waals surface area contributed by atoms with E-state index >= 15 is 0 Å². The van der Waals surface area contributed by atoms with E-state index in [1.807, 2.05) is 32.0 Å². The van der Waals surface area contributed by atoms with Gasteiger partial charge in [-0.1, -0.05) is 44.2 Å². The van der Waals surface area contributed by atoms with Gasteiger partial charge in [0.2, 0.25) is 5.91 Å². The zero-order valence-corrected chi connectivity index (χ0v) is 15.7. The van der Waals surface area contributed by atoms with Crippen molar-refractivity contribution < 1.29 is 4.79 Å². The maximum Gasteiger partial charge on any atom is 0.222 e. The highest BCUT2D eigenvalue weighted by molar-refractivity contribution is 14.0. The number of amides is 1. The number of hydrogen-bond acceptors (Lipinski definition) is 2. The van der Waals surface area contributed by atoms with Gasteiger partial charge >= 0.3 is 0 Å². The van der Waals surface area contributed by atoms with E-state index in [1.165, 1.54) is 5.56 Å². The highest BCUT2D eigenvalue weighted by Crippen LogP contribution is 1.97. The number of guanidine groups is 1. The Hall–Kier alpha value is -1.31. The van der Waals surface area contributed by atoms with Gasteiger partial charge < -0.3 is 16.4 Å². The van der Waals surface area contributed by atoms with Gasteiger partial charge in [-0.15, -0.1) is 24.0 Å². The largest absolute Gasteiger partial charge is 0.370 e. The molecule has 124 valence electrons. The van der Waals surface area contributed by atoms with Gasteiger partial charge in [0.25, 0.3) is 0 Å². The average molecular weight is 418 g/mol. The Morgan fingerprint density at radius 2 is 1.86 bits per heavy atom. The lowest BCUT2D eigenvalue weighted by molar-refractivity contribution is -0.123. The van der Waals surface area contributed by atoms with Crippen LogP contribution >= 0.6 is 24.0 Å². The molecule has 0 fully saturated rings. The Morgan fingerprint density at radius 3 is 2.50 bits per heavy atom. The first-order chi connectivity index (χ1) is 10.1. The molecule has 0 saturated carbocycles. The average Bonchev–Trinajstić information content (AvgIpc) is 2.47. The minimum Gasteiger partial charge on any atom is -0.370 e. The van der Waals surface area contributed by atoms with Gasteiger partial charge in [0.15, 0.2) is 5.96 Å². The zero-order valence-electron chi connectivity index (χ0n) is 13.3. The maximum atomic E-state index is 11.3. The van der Waals surface area contributed by atoms with Crippen molar-refractivity contribution in [2.45, 2.75) is 26.7 Å². The van der Waals surface area contributed by atoms with Gasteiger partial charge in [-0.3, -0.25) is 9.79 Å². The van der Waals surface area contributed by atoms with Crippen LogP contribution in [0.5, 0.6) is 0 Å². The van der Waals surface area contributed by atoms with E-state index in [0.29, 0.717) is 19.0 Å². The van der Waals surface area contributed by atoms with Crippen molar-refractivity contribution in [3.63, 3.8) is 0 Å². The van der Waals surface area contributed by atoms with Gasteiger partial charge in [-0.2, -0.15) is 0 Å². The number of benzene rings is 1. The molecule has 22 heavy (non-hydrogen) atoms. The van der Waals surface area contributed by atoms with Crippen molar-refractivity contribution >= 4 is 35.8 Å². The number of halogens is 1. The molecule has 0 unspecified atom stereocenters. The highest BCUT2D eigenvalue weighted by Gasteiger charge is 2.04. The van der Waals surface area contributed by atoms with E-state index in [1.54, 1.807) is 0 Å². The number of rotatable bonds is 8.